The summed E-state index contributed by atoms with van der Waals surface area (Å²) >= 11 is 0. The first-order valence-corrected chi connectivity index (χ1v) is 5.87. The molecule has 1 aliphatic carbocycles. The zero-order valence-corrected chi connectivity index (χ0v) is 9.62. The summed E-state index contributed by atoms with van der Waals surface area (Å²) in [6.07, 6.45) is 5.81. The van der Waals surface area contributed by atoms with E-state index in [1.165, 1.54) is 19.3 Å². The second-order valence-electron chi connectivity index (χ2n) is 4.49. The lowest BCUT2D eigenvalue weighted by atomic mass is 9.84. The summed E-state index contributed by atoms with van der Waals surface area (Å²) in [6, 6.07) is 2.26. The fourth-order valence-electron chi connectivity index (χ4n) is 2.10. The van der Waals surface area contributed by atoms with Gasteiger partial charge in [0, 0.05) is 6.04 Å². The van der Waals surface area contributed by atoms with E-state index in [0.29, 0.717) is 6.04 Å². The summed E-state index contributed by atoms with van der Waals surface area (Å²) in [4.78, 5) is 11.5. The lowest BCUT2D eigenvalue weighted by Crippen LogP contribution is -2.39. The summed E-state index contributed by atoms with van der Waals surface area (Å²) in [5.74, 6) is 0.206. The van der Waals surface area contributed by atoms with E-state index in [1.54, 1.807) is 6.92 Å². The molecule has 1 fully saturated rings. The number of rotatable bonds is 3. The average Bonchev–Trinajstić information content (AvgIpc) is 2.29. The van der Waals surface area contributed by atoms with E-state index in [-0.39, 0.29) is 5.91 Å². The fourth-order valence-corrected chi connectivity index (χ4v) is 2.10. The summed E-state index contributed by atoms with van der Waals surface area (Å²) in [6.45, 7) is 3.87. The predicted molar refractivity (Wildman–Crippen MR) is 59.0 cm³/mol. The first-order chi connectivity index (χ1) is 7.17. The molecule has 0 radical (unpaired) electrons. The van der Waals surface area contributed by atoms with Gasteiger partial charge in [0.25, 0.3) is 0 Å². The van der Waals surface area contributed by atoms with Gasteiger partial charge in [0.15, 0.2) is 0 Å². The molecular formula is C12H20N2O. The summed E-state index contributed by atoms with van der Waals surface area (Å²) in [5.41, 5.74) is 0. The van der Waals surface area contributed by atoms with E-state index in [0.717, 1.165) is 18.8 Å². The molecule has 3 nitrogen and oxygen atoms in total. The van der Waals surface area contributed by atoms with Gasteiger partial charge < -0.3 is 5.32 Å². The minimum absolute atomic E-state index is 0.113. The van der Waals surface area contributed by atoms with Gasteiger partial charge in [-0.2, -0.15) is 5.26 Å². The van der Waals surface area contributed by atoms with E-state index in [9.17, 15) is 4.79 Å². The Morgan fingerprint density at radius 1 is 1.47 bits per heavy atom. The van der Waals surface area contributed by atoms with E-state index in [4.69, 9.17) is 5.26 Å². The molecule has 1 rings (SSSR count). The average molecular weight is 208 g/mol. The summed E-state index contributed by atoms with van der Waals surface area (Å²) in [7, 11) is 0. The smallest absolute Gasteiger partial charge is 0.237 e. The Bertz CT molecular complexity index is 249. The van der Waals surface area contributed by atoms with Crippen LogP contribution in [0.25, 0.3) is 0 Å². The molecule has 1 atom stereocenters. The van der Waals surface area contributed by atoms with Crippen LogP contribution in [-0.4, -0.2) is 11.9 Å². The van der Waals surface area contributed by atoms with Crippen molar-refractivity contribution < 1.29 is 4.79 Å². The second kappa shape index (κ2) is 5.75. The van der Waals surface area contributed by atoms with Crippen molar-refractivity contribution in [2.24, 2.45) is 11.8 Å². The van der Waals surface area contributed by atoms with Crippen LogP contribution in [-0.2, 0) is 4.79 Å². The molecule has 0 bridgehead atoms. The molecule has 1 saturated carbocycles. The first-order valence-electron chi connectivity index (χ1n) is 5.87. The van der Waals surface area contributed by atoms with Crippen molar-refractivity contribution in [2.45, 2.75) is 52.0 Å². The topological polar surface area (TPSA) is 52.9 Å². The molecule has 0 saturated heterocycles. The molecule has 3 heteroatoms. The number of nitriles is 1. The molecular weight excluding hydrogens is 188 g/mol. The molecule has 0 aromatic carbocycles. The van der Waals surface area contributed by atoms with E-state index >= 15 is 0 Å². The molecule has 1 amide bonds. The normalized spacial score (nSPS) is 27.8. The maximum Gasteiger partial charge on any atom is 0.237 e. The Labute approximate surface area is 91.9 Å². The highest BCUT2D eigenvalue weighted by molar-refractivity contribution is 5.80. The molecule has 84 valence electrons. The van der Waals surface area contributed by atoms with Crippen LogP contribution in [0.2, 0.25) is 0 Å². The minimum Gasteiger partial charge on any atom is -0.352 e. The zero-order chi connectivity index (χ0) is 11.3. The van der Waals surface area contributed by atoms with Crippen molar-refractivity contribution in [3.8, 4) is 6.07 Å². The van der Waals surface area contributed by atoms with Gasteiger partial charge in [0.1, 0.15) is 5.92 Å². The minimum atomic E-state index is -0.520. The summed E-state index contributed by atoms with van der Waals surface area (Å²) in [5, 5.41) is 11.6. The third-order valence-corrected chi connectivity index (χ3v) is 3.36. The first kappa shape index (κ1) is 12.0. The third kappa shape index (κ3) is 3.54. The highest BCUT2D eigenvalue weighted by Gasteiger charge is 2.22. The van der Waals surface area contributed by atoms with Gasteiger partial charge in [0.05, 0.1) is 6.07 Å². The lowest BCUT2D eigenvalue weighted by molar-refractivity contribution is -0.123. The maximum absolute atomic E-state index is 11.5. The quantitative estimate of drug-likeness (QED) is 0.773. The number of carbonyl (C=O) groups is 1. The molecule has 0 aromatic rings. The number of hydrogen-bond donors (Lipinski definition) is 1. The van der Waals surface area contributed by atoms with Crippen LogP contribution in [0.1, 0.15) is 46.0 Å². The van der Waals surface area contributed by atoms with Gasteiger partial charge in [-0.1, -0.05) is 13.3 Å². The standard InChI is InChI=1S/C12H20N2O/c1-3-10-4-6-11(7-5-10)14-12(15)9(2)8-13/h9-11H,3-7H2,1-2H3,(H,14,15). The SMILES string of the molecule is CCC1CCC(NC(=O)C(C)C#N)CC1. The van der Waals surface area contributed by atoms with Gasteiger partial charge in [-0.3, -0.25) is 4.79 Å². The zero-order valence-electron chi connectivity index (χ0n) is 9.62. The molecule has 1 N–H and O–H groups in total. The van der Waals surface area contributed by atoms with Crippen molar-refractivity contribution in [1.82, 2.24) is 5.32 Å². The van der Waals surface area contributed by atoms with Gasteiger partial charge in [-0.05, 0) is 38.5 Å². The van der Waals surface area contributed by atoms with Crippen LogP contribution in [0.5, 0.6) is 0 Å². The Kier molecular flexibility index (Phi) is 4.61. The van der Waals surface area contributed by atoms with Crippen LogP contribution < -0.4 is 5.32 Å². The lowest BCUT2D eigenvalue weighted by Gasteiger charge is -2.28. The van der Waals surface area contributed by atoms with Crippen LogP contribution >= 0.6 is 0 Å². The highest BCUT2D eigenvalue weighted by Crippen LogP contribution is 2.26. The number of nitrogens with zero attached hydrogens (tertiary/aromatic N) is 1. The Hall–Kier alpha value is -1.04. The van der Waals surface area contributed by atoms with Crippen molar-refractivity contribution in [3.63, 3.8) is 0 Å². The molecule has 1 unspecified atom stereocenters. The van der Waals surface area contributed by atoms with Gasteiger partial charge >= 0.3 is 0 Å². The van der Waals surface area contributed by atoms with Gasteiger partial charge in [-0.15, -0.1) is 0 Å². The molecule has 15 heavy (non-hydrogen) atoms. The van der Waals surface area contributed by atoms with Crippen LogP contribution in [0, 0.1) is 23.2 Å². The van der Waals surface area contributed by atoms with E-state index < -0.39 is 5.92 Å². The Morgan fingerprint density at radius 2 is 2.07 bits per heavy atom. The second-order valence-corrected chi connectivity index (χ2v) is 4.49. The number of amides is 1. The van der Waals surface area contributed by atoms with Gasteiger partial charge in [-0.25, -0.2) is 0 Å². The van der Waals surface area contributed by atoms with Crippen LogP contribution in [0.4, 0.5) is 0 Å². The number of carbonyl (C=O) groups excluding carboxylic acids is 1. The monoisotopic (exact) mass is 208 g/mol. The fraction of sp³-hybridized carbons (Fsp3) is 0.833. The number of hydrogen-bond acceptors (Lipinski definition) is 2. The van der Waals surface area contributed by atoms with Gasteiger partial charge in [0.2, 0.25) is 5.91 Å². The summed E-state index contributed by atoms with van der Waals surface area (Å²) < 4.78 is 0. The largest absolute Gasteiger partial charge is 0.352 e. The Balaban J connectivity index is 2.30. The molecule has 0 spiro atoms. The van der Waals surface area contributed by atoms with E-state index in [2.05, 4.69) is 12.2 Å². The maximum atomic E-state index is 11.5. The van der Waals surface area contributed by atoms with Crippen molar-refractivity contribution in [2.75, 3.05) is 0 Å². The highest BCUT2D eigenvalue weighted by atomic mass is 16.1. The van der Waals surface area contributed by atoms with Crippen molar-refractivity contribution in [1.29, 1.82) is 5.26 Å². The van der Waals surface area contributed by atoms with Crippen molar-refractivity contribution in [3.05, 3.63) is 0 Å². The van der Waals surface area contributed by atoms with Crippen molar-refractivity contribution >= 4 is 5.91 Å². The Morgan fingerprint density at radius 3 is 2.53 bits per heavy atom. The molecule has 1 aliphatic rings. The van der Waals surface area contributed by atoms with Crippen LogP contribution in [0.15, 0.2) is 0 Å². The molecule has 0 aromatic heterocycles. The van der Waals surface area contributed by atoms with E-state index in [1.807, 2.05) is 6.07 Å². The van der Waals surface area contributed by atoms with Crippen LogP contribution in [0.3, 0.4) is 0 Å². The molecule has 0 aliphatic heterocycles. The number of nitrogens with one attached hydrogen (secondary N) is 1. The third-order valence-electron chi connectivity index (χ3n) is 3.36. The molecule has 0 heterocycles. The predicted octanol–water partition coefficient (Wildman–Crippen LogP) is 2.23.